The Labute approximate surface area is 108 Å². The van der Waals surface area contributed by atoms with E-state index in [9.17, 15) is 0 Å². The molecule has 1 saturated heterocycles. The van der Waals surface area contributed by atoms with Gasteiger partial charge in [0, 0.05) is 19.3 Å². The van der Waals surface area contributed by atoms with Crippen LogP contribution in [0.15, 0.2) is 18.3 Å². The monoisotopic (exact) mass is 251 g/mol. The van der Waals surface area contributed by atoms with Crippen molar-refractivity contribution in [3.63, 3.8) is 0 Å². The number of likely N-dealkylation sites (N-methyl/N-ethyl adjacent to an activating group) is 2. The zero-order valence-electron chi connectivity index (χ0n) is 11.2. The Hall–Kier alpha value is -1.17. The van der Waals surface area contributed by atoms with Crippen molar-refractivity contribution in [1.82, 2.24) is 15.2 Å². The van der Waals surface area contributed by atoms with Crippen LogP contribution in [-0.2, 0) is 4.74 Å². The number of ether oxygens (including phenoxy) is 2. The molecular weight excluding hydrogens is 230 g/mol. The van der Waals surface area contributed by atoms with Crippen LogP contribution in [0, 0.1) is 0 Å². The summed E-state index contributed by atoms with van der Waals surface area (Å²) in [7, 11) is 5.70. The number of nitrogens with zero attached hydrogens (tertiary/aromatic N) is 2. The van der Waals surface area contributed by atoms with Crippen molar-refractivity contribution in [1.29, 1.82) is 0 Å². The van der Waals surface area contributed by atoms with E-state index in [2.05, 4.69) is 22.2 Å². The highest BCUT2D eigenvalue weighted by molar-refractivity contribution is 5.30. The second kappa shape index (κ2) is 6.13. The van der Waals surface area contributed by atoms with Gasteiger partial charge in [0.2, 0.25) is 0 Å². The van der Waals surface area contributed by atoms with Gasteiger partial charge in [-0.2, -0.15) is 0 Å². The summed E-state index contributed by atoms with van der Waals surface area (Å²) in [5, 5.41) is 3.29. The fourth-order valence-corrected chi connectivity index (χ4v) is 2.32. The normalized spacial score (nSPS) is 22.7. The van der Waals surface area contributed by atoms with Crippen molar-refractivity contribution in [2.24, 2.45) is 0 Å². The minimum absolute atomic E-state index is 0.0453. The van der Waals surface area contributed by atoms with E-state index < -0.39 is 0 Å². The van der Waals surface area contributed by atoms with Gasteiger partial charge in [0.15, 0.2) is 0 Å². The molecule has 100 valence electrons. The quantitative estimate of drug-likeness (QED) is 0.852. The largest absolute Gasteiger partial charge is 0.495 e. The summed E-state index contributed by atoms with van der Waals surface area (Å²) in [6.45, 7) is 2.63. The predicted octanol–water partition coefficient (Wildman–Crippen LogP) is 0.681. The third-order valence-corrected chi connectivity index (χ3v) is 3.29. The topological polar surface area (TPSA) is 46.6 Å². The summed E-state index contributed by atoms with van der Waals surface area (Å²) in [5.41, 5.74) is 0.905. The average Bonchev–Trinajstić information content (AvgIpc) is 2.40. The lowest BCUT2D eigenvalue weighted by Crippen LogP contribution is -2.46. The number of hydrogen-bond acceptors (Lipinski definition) is 5. The van der Waals surface area contributed by atoms with Gasteiger partial charge in [-0.15, -0.1) is 0 Å². The molecular formula is C13H21N3O2. The Balaban J connectivity index is 2.21. The molecule has 1 N–H and O–H groups in total. The second-order valence-electron chi connectivity index (χ2n) is 4.53. The van der Waals surface area contributed by atoms with Crippen molar-refractivity contribution in [2.75, 3.05) is 40.9 Å². The van der Waals surface area contributed by atoms with Gasteiger partial charge in [0.05, 0.1) is 25.9 Å². The van der Waals surface area contributed by atoms with Crippen molar-refractivity contribution < 1.29 is 9.47 Å². The van der Waals surface area contributed by atoms with Gasteiger partial charge in [-0.25, -0.2) is 0 Å². The van der Waals surface area contributed by atoms with E-state index in [-0.39, 0.29) is 12.1 Å². The molecule has 5 heteroatoms. The zero-order chi connectivity index (χ0) is 13.0. The number of nitrogens with one attached hydrogen (secondary N) is 1. The first kappa shape index (κ1) is 13.3. The molecule has 0 bridgehead atoms. The molecule has 0 saturated carbocycles. The SMILES string of the molecule is CNC(c1ncccc1OC)C1CN(C)CCO1. The minimum Gasteiger partial charge on any atom is -0.495 e. The molecule has 18 heavy (non-hydrogen) atoms. The number of rotatable bonds is 4. The first-order valence-electron chi connectivity index (χ1n) is 6.22. The van der Waals surface area contributed by atoms with Gasteiger partial charge in [0.25, 0.3) is 0 Å². The molecule has 1 aromatic heterocycles. The third-order valence-electron chi connectivity index (χ3n) is 3.29. The van der Waals surface area contributed by atoms with Gasteiger partial charge in [-0.1, -0.05) is 0 Å². The number of morpholine rings is 1. The van der Waals surface area contributed by atoms with Crippen LogP contribution in [0.1, 0.15) is 11.7 Å². The highest BCUT2D eigenvalue weighted by atomic mass is 16.5. The number of pyridine rings is 1. The summed E-state index contributed by atoms with van der Waals surface area (Å²) >= 11 is 0. The van der Waals surface area contributed by atoms with Crippen molar-refractivity contribution in [3.8, 4) is 5.75 Å². The third kappa shape index (κ3) is 2.80. The highest BCUT2D eigenvalue weighted by Gasteiger charge is 2.29. The summed E-state index contributed by atoms with van der Waals surface area (Å²) in [5.74, 6) is 0.800. The maximum atomic E-state index is 5.86. The van der Waals surface area contributed by atoms with E-state index in [0.717, 1.165) is 31.1 Å². The lowest BCUT2D eigenvalue weighted by Gasteiger charge is -2.35. The first-order valence-corrected chi connectivity index (χ1v) is 6.22. The Morgan fingerprint density at radius 3 is 3.11 bits per heavy atom. The molecule has 2 heterocycles. The lowest BCUT2D eigenvalue weighted by atomic mass is 10.0. The van der Waals surface area contributed by atoms with Gasteiger partial charge < -0.3 is 19.7 Å². The van der Waals surface area contributed by atoms with Crippen LogP contribution in [0.2, 0.25) is 0 Å². The van der Waals surface area contributed by atoms with Crippen LogP contribution >= 0.6 is 0 Å². The van der Waals surface area contributed by atoms with Crippen LogP contribution in [0.3, 0.4) is 0 Å². The maximum absolute atomic E-state index is 5.86. The average molecular weight is 251 g/mol. The molecule has 2 rings (SSSR count). The summed E-state index contributed by atoms with van der Waals surface area (Å²) in [6, 6.07) is 3.85. The standard InChI is InChI=1S/C13H21N3O2/c1-14-12(11-9-16(2)7-8-18-11)13-10(17-3)5-4-6-15-13/h4-6,11-12,14H,7-9H2,1-3H3. The van der Waals surface area contributed by atoms with Gasteiger partial charge in [0.1, 0.15) is 11.4 Å². The molecule has 0 amide bonds. The smallest absolute Gasteiger partial charge is 0.142 e. The fourth-order valence-electron chi connectivity index (χ4n) is 2.32. The molecule has 0 aliphatic carbocycles. The Morgan fingerprint density at radius 2 is 2.44 bits per heavy atom. The van der Waals surface area contributed by atoms with Crippen LogP contribution in [0.4, 0.5) is 0 Å². The molecule has 2 atom stereocenters. The molecule has 0 aromatic carbocycles. The van der Waals surface area contributed by atoms with E-state index in [1.165, 1.54) is 0 Å². The van der Waals surface area contributed by atoms with E-state index in [0.29, 0.717) is 0 Å². The van der Waals surface area contributed by atoms with E-state index in [4.69, 9.17) is 9.47 Å². The number of methoxy groups -OCH3 is 1. The van der Waals surface area contributed by atoms with Gasteiger partial charge in [-0.05, 0) is 26.2 Å². The lowest BCUT2D eigenvalue weighted by molar-refractivity contribution is -0.0390. The molecule has 2 unspecified atom stereocenters. The Bertz CT molecular complexity index is 386. The molecule has 1 aliphatic heterocycles. The Morgan fingerprint density at radius 1 is 1.61 bits per heavy atom. The minimum atomic E-state index is 0.0453. The summed E-state index contributed by atoms with van der Waals surface area (Å²) < 4.78 is 11.2. The highest BCUT2D eigenvalue weighted by Crippen LogP contribution is 2.27. The number of aromatic nitrogens is 1. The maximum Gasteiger partial charge on any atom is 0.142 e. The van der Waals surface area contributed by atoms with Crippen LogP contribution < -0.4 is 10.1 Å². The van der Waals surface area contributed by atoms with Gasteiger partial charge in [-0.3, -0.25) is 4.98 Å². The van der Waals surface area contributed by atoms with E-state index in [1.54, 1.807) is 13.3 Å². The molecule has 5 nitrogen and oxygen atoms in total. The molecule has 1 fully saturated rings. The van der Waals surface area contributed by atoms with Crippen LogP contribution in [0.25, 0.3) is 0 Å². The zero-order valence-corrected chi connectivity index (χ0v) is 11.2. The van der Waals surface area contributed by atoms with Crippen molar-refractivity contribution in [2.45, 2.75) is 12.1 Å². The molecule has 0 spiro atoms. The Kier molecular flexibility index (Phi) is 4.52. The number of hydrogen-bond donors (Lipinski definition) is 1. The van der Waals surface area contributed by atoms with Crippen molar-refractivity contribution >= 4 is 0 Å². The molecule has 0 radical (unpaired) electrons. The predicted molar refractivity (Wildman–Crippen MR) is 69.8 cm³/mol. The second-order valence-corrected chi connectivity index (χ2v) is 4.53. The summed E-state index contributed by atoms with van der Waals surface area (Å²) in [6.07, 6.45) is 1.88. The molecule has 1 aromatic rings. The van der Waals surface area contributed by atoms with Crippen LogP contribution in [0.5, 0.6) is 5.75 Å². The molecule has 1 aliphatic rings. The van der Waals surface area contributed by atoms with Gasteiger partial charge >= 0.3 is 0 Å². The van der Waals surface area contributed by atoms with E-state index >= 15 is 0 Å². The van der Waals surface area contributed by atoms with Crippen LogP contribution in [-0.4, -0.2) is 56.9 Å². The van der Waals surface area contributed by atoms with E-state index in [1.807, 2.05) is 19.2 Å². The fraction of sp³-hybridized carbons (Fsp3) is 0.615. The first-order chi connectivity index (χ1) is 8.76. The van der Waals surface area contributed by atoms with Crippen molar-refractivity contribution in [3.05, 3.63) is 24.0 Å². The summed E-state index contributed by atoms with van der Waals surface area (Å²) in [4.78, 5) is 6.71.